The first-order chi connectivity index (χ1) is 5.38. The standard InChI is InChI=1S/C8H6BrNO/c9-5-7-3-1-2-4-8(7)10-6-11/h1-4H,5H2. The van der Waals surface area contributed by atoms with Crippen molar-refractivity contribution in [1.29, 1.82) is 0 Å². The number of nitrogens with zero attached hydrogens (tertiary/aromatic N) is 1. The third-order valence-corrected chi connectivity index (χ3v) is 1.91. The maximum Gasteiger partial charge on any atom is 0.240 e. The molecule has 0 amide bonds. The molecule has 0 saturated carbocycles. The number of carbonyl (C=O) groups excluding carboxylic acids is 1. The Balaban J connectivity index is 3.11. The van der Waals surface area contributed by atoms with E-state index in [-0.39, 0.29) is 0 Å². The van der Waals surface area contributed by atoms with E-state index in [0.29, 0.717) is 11.0 Å². The zero-order valence-corrected chi connectivity index (χ0v) is 7.34. The third-order valence-electron chi connectivity index (χ3n) is 1.30. The quantitative estimate of drug-likeness (QED) is 0.420. The predicted molar refractivity (Wildman–Crippen MR) is 46.9 cm³/mol. The molecule has 1 rings (SSSR count). The van der Waals surface area contributed by atoms with E-state index in [9.17, 15) is 4.79 Å². The third kappa shape index (κ3) is 2.00. The summed E-state index contributed by atoms with van der Waals surface area (Å²) in [6, 6.07) is 7.43. The Kier molecular flexibility index (Phi) is 3.02. The van der Waals surface area contributed by atoms with Gasteiger partial charge in [0.25, 0.3) is 0 Å². The molecular weight excluding hydrogens is 206 g/mol. The summed E-state index contributed by atoms with van der Waals surface area (Å²) >= 11 is 3.29. The molecular formula is C8H6BrNO. The minimum Gasteiger partial charge on any atom is -0.211 e. The number of hydrogen-bond donors (Lipinski definition) is 0. The summed E-state index contributed by atoms with van der Waals surface area (Å²) in [5.74, 6) is 0. The molecule has 0 fully saturated rings. The minimum absolute atomic E-state index is 0.680. The summed E-state index contributed by atoms with van der Waals surface area (Å²) < 4.78 is 0. The normalized spacial score (nSPS) is 8.82. The molecule has 0 aliphatic carbocycles. The van der Waals surface area contributed by atoms with Gasteiger partial charge in [-0.2, -0.15) is 4.99 Å². The summed E-state index contributed by atoms with van der Waals surface area (Å²) in [5.41, 5.74) is 1.68. The van der Waals surface area contributed by atoms with Gasteiger partial charge in [-0.05, 0) is 11.6 Å². The average Bonchev–Trinajstić information content (AvgIpc) is 2.06. The first-order valence-electron chi connectivity index (χ1n) is 3.10. The predicted octanol–water partition coefficient (Wildman–Crippen LogP) is 2.55. The van der Waals surface area contributed by atoms with E-state index >= 15 is 0 Å². The number of isocyanates is 1. The van der Waals surface area contributed by atoms with Crippen LogP contribution in [0.2, 0.25) is 0 Å². The highest BCUT2D eigenvalue weighted by atomic mass is 79.9. The highest BCUT2D eigenvalue weighted by molar-refractivity contribution is 9.08. The molecule has 0 heterocycles. The van der Waals surface area contributed by atoms with Gasteiger partial charge in [-0.15, -0.1) is 0 Å². The van der Waals surface area contributed by atoms with Crippen LogP contribution in [0.5, 0.6) is 0 Å². The lowest BCUT2D eigenvalue weighted by atomic mass is 10.2. The average molecular weight is 212 g/mol. The molecule has 0 unspecified atom stereocenters. The van der Waals surface area contributed by atoms with E-state index in [0.717, 1.165) is 5.56 Å². The first kappa shape index (κ1) is 8.18. The zero-order chi connectivity index (χ0) is 8.10. The van der Waals surface area contributed by atoms with Crippen LogP contribution in [0.4, 0.5) is 5.69 Å². The number of halogens is 1. The van der Waals surface area contributed by atoms with Crippen LogP contribution in [0.25, 0.3) is 0 Å². The van der Waals surface area contributed by atoms with Gasteiger partial charge in [-0.25, -0.2) is 4.79 Å². The van der Waals surface area contributed by atoms with Gasteiger partial charge in [-0.3, -0.25) is 0 Å². The van der Waals surface area contributed by atoms with Gasteiger partial charge in [0.1, 0.15) is 0 Å². The molecule has 0 N–H and O–H groups in total. The van der Waals surface area contributed by atoms with Crippen LogP contribution in [0.3, 0.4) is 0 Å². The van der Waals surface area contributed by atoms with Crippen LogP contribution in [0.15, 0.2) is 29.3 Å². The number of alkyl halides is 1. The Morgan fingerprint density at radius 1 is 1.45 bits per heavy atom. The zero-order valence-electron chi connectivity index (χ0n) is 5.75. The van der Waals surface area contributed by atoms with Crippen LogP contribution in [-0.4, -0.2) is 6.08 Å². The van der Waals surface area contributed by atoms with Crippen LogP contribution >= 0.6 is 15.9 Å². The molecule has 2 nitrogen and oxygen atoms in total. The van der Waals surface area contributed by atoms with Crippen LogP contribution in [0, 0.1) is 0 Å². The van der Waals surface area contributed by atoms with Crippen molar-refractivity contribution in [2.24, 2.45) is 4.99 Å². The first-order valence-corrected chi connectivity index (χ1v) is 4.22. The van der Waals surface area contributed by atoms with E-state index < -0.39 is 0 Å². The van der Waals surface area contributed by atoms with Crippen molar-refractivity contribution in [2.75, 3.05) is 0 Å². The maximum atomic E-state index is 9.94. The second kappa shape index (κ2) is 4.06. The van der Waals surface area contributed by atoms with Gasteiger partial charge in [0.05, 0.1) is 5.69 Å². The number of aliphatic imine (C=N–C) groups is 1. The molecule has 0 bridgehead atoms. The Morgan fingerprint density at radius 2 is 2.18 bits per heavy atom. The number of benzene rings is 1. The fourth-order valence-corrected chi connectivity index (χ4v) is 1.26. The van der Waals surface area contributed by atoms with E-state index in [1.165, 1.54) is 6.08 Å². The largest absolute Gasteiger partial charge is 0.240 e. The van der Waals surface area contributed by atoms with Crippen molar-refractivity contribution < 1.29 is 4.79 Å². The van der Waals surface area contributed by atoms with Crippen molar-refractivity contribution in [3.05, 3.63) is 29.8 Å². The number of rotatable bonds is 2. The Bertz CT molecular complexity index is 292. The van der Waals surface area contributed by atoms with Crippen molar-refractivity contribution in [1.82, 2.24) is 0 Å². The molecule has 0 saturated heterocycles. The lowest BCUT2D eigenvalue weighted by Gasteiger charge is -1.96. The maximum absolute atomic E-state index is 9.94. The Morgan fingerprint density at radius 3 is 2.82 bits per heavy atom. The van der Waals surface area contributed by atoms with E-state index in [2.05, 4.69) is 20.9 Å². The van der Waals surface area contributed by atoms with Gasteiger partial charge in [0, 0.05) is 5.33 Å². The number of para-hydroxylation sites is 1. The summed E-state index contributed by atoms with van der Waals surface area (Å²) in [6.07, 6.45) is 1.51. The lowest BCUT2D eigenvalue weighted by molar-refractivity contribution is 0.565. The number of hydrogen-bond acceptors (Lipinski definition) is 2. The van der Waals surface area contributed by atoms with E-state index in [1.807, 2.05) is 18.2 Å². The second-order valence-corrected chi connectivity index (χ2v) is 2.53. The van der Waals surface area contributed by atoms with Crippen LogP contribution < -0.4 is 0 Å². The molecule has 0 aliphatic heterocycles. The Labute approximate surface area is 73.1 Å². The monoisotopic (exact) mass is 211 g/mol. The summed E-state index contributed by atoms with van der Waals surface area (Å²) in [5, 5.41) is 0.703. The topological polar surface area (TPSA) is 29.4 Å². The van der Waals surface area contributed by atoms with Gasteiger partial charge in [-0.1, -0.05) is 34.1 Å². The van der Waals surface area contributed by atoms with Gasteiger partial charge in [0.2, 0.25) is 6.08 Å². The molecule has 0 aromatic heterocycles. The van der Waals surface area contributed by atoms with Crippen LogP contribution in [-0.2, 0) is 10.1 Å². The van der Waals surface area contributed by atoms with E-state index in [4.69, 9.17) is 0 Å². The summed E-state index contributed by atoms with van der Waals surface area (Å²) in [4.78, 5) is 13.5. The molecule has 0 radical (unpaired) electrons. The molecule has 3 heteroatoms. The fraction of sp³-hybridized carbons (Fsp3) is 0.125. The van der Waals surface area contributed by atoms with E-state index in [1.54, 1.807) is 6.07 Å². The van der Waals surface area contributed by atoms with Crippen molar-refractivity contribution >= 4 is 27.7 Å². The highest BCUT2D eigenvalue weighted by Gasteiger charge is 1.95. The molecule has 1 aromatic rings. The SMILES string of the molecule is O=C=Nc1ccccc1CBr. The smallest absolute Gasteiger partial charge is 0.211 e. The van der Waals surface area contributed by atoms with Gasteiger partial charge >= 0.3 is 0 Å². The molecule has 56 valence electrons. The minimum atomic E-state index is 0.680. The molecule has 11 heavy (non-hydrogen) atoms. The fourth-order valence-electron chi connectivity index (χ4n) is 0.782. The molecule has 1 aromatic carbocycles. The summed E-state index contributed by atoms with van der Waals surface area (Å²) in [6.45, 7) is 0. The Hall–Kier alpha value is -0.920. The highest BCUT2D eigenvalue weighted by Crippen LogP contribution is 2.19. The van der Waals surface area contributed by atoms with Crippen molar-refractivity contribution in [3.8, 4) is 0 Å². The second-order valence-electron chi connectivity index (χ2n) is 1.97. The molecule has 0 aliphatic rings. The summed E-state index contributed by atoms with van der Waals surface area (Å²) in [7, 11) is 0. The molecule has 0 spiro atoms. The lowest BCUT2D eigenvalue weighted by Crippen LogP contribution is -1.76. The molecule has 0 atom stereocenters. The van der Waals surface area contributed by atoms with Gasteiger partial charge < -0.3 is 0 Å². The van der Waals surface area contributed by atoms with Crippen molar-refractivity contribution in [2.45, 2.75) is 5.33 Å². The van der Waals surface area contributed by atoms with Gasteiger partial charge in [0.15, 0.2) is 0 Å². The van der Waals surface area contributed by atoms with Crippen molar-refractivity contribution in [3.63, 3.8) is 0 Å². The van der Waals surface area contributed by atoms with Crippen LogP contribution in [0.1, 0.15) is 5.56 Å².